The summed E-state index contributed by atoms with van der Waals surface area (Å²) in [5.74, 6) is 0.159. The Morgan fingerprint density at radius 1 is 0.493 bits per heavy atom. The molecule has 0 saturated heterocycles. The Morgan fingerprint density at radius 2 is 1.15 bits per heavy atom. The van der Waals surface area contributed by atoms with Gasteiger partial charge in [0.25, 0.3) is 0 Å². The summed E-state index contributed by atoms with van der Waals surface area (Å²) in [5, 5.41) is 12.8. The first kappa shape index (κ1) is 32.2. The number of aryl methyl sites for hydroxylation is 1. The third-order valence-corrected chi connectivity index (χ3v) is 13.4. The maximum absolute atomic E-state index is 12.8. The molecule has 0 amide bonds. The number of imidazole rings is 1. The molecule has 4 nitrogen and oxygen atoms in total. The second-order valence-corrected chi connectivity index (χ2v) is 23.2. The van der Waals surface area contributed by atoms with E-state index in [9.17, 15) is 13.3 Å². The van der Waals surface area contributed by atoms with Gasteiger partial charge in [-0.3, -0.25) is 9.55 Å². The molecule has 7 aromatic carbocycles. The van der Waals surface area contributed by atoms with Crippen molar-refractivity contribution in [3.8, 4) is 78.6 Å². The minimum atomic E-state index is -3.96. The van der Waals surface area contributed by atoms with Crippen LogP contribution in [-0.2, 0) is 27.1 Å². The van der Waals surface area contributed by atoms with Crippen molar-refractivity contribution in [1.82, 2.24) is 14.5 Å². The van der Waals surface area contributed by atoms with Gasteiger partial charge in [0.2, 0.25) is 0 Å². The molecule has 2 aromatic heterocycles. The van der Waals surface area contributed by atoms with Gasteiger partial charge in [-0.25, -0.2) is 4.98 Å². The monoisotopic (exact) mass is 981 g/mol. The van der Waals surface area contributed by atoms with Crippen molar-refractivity contribution in [3.05, 3.63) is 191 Å². The molecule has 0 atom stereocenters. The Hall–Kier alpha value is -7.04. The SMILES string of the molecule is [2H]c1nc(-c2cc(-c3cccc4c3nc(-c3cc(C(C)(C)C)cc(C(C)(C)C)c3O)n4-c3ccc(-c4c(-c5ccccc5)cccc4C(C)(C)C)cc3C([2H])([2H])[2H])cc(C(C)(C)C)c2)c([2H])c(-c2c([2H])c([2H])c(C(C([2H])([2H])[2H])(C([2H])([2H])[2H])C([2H])([2H])[2H])c([2H])c2[2H])c1[2H]. The van der Waals surface area contributed by atoms with Gasteiger partial charge in [-0.15, -0.1) is 0 Å². The molecule has 0 spiro atoms. The van der Waals surface area contributed by atoms with E-state index in [1.807, 2.05) is 120 Å². The minimum Gasteiger partial charge on any atom is -0.507 e. The van der Waals surface area contributed by atoms with Crippen LogP contribution in [0.25, 0.3) is 83.9 Å². The predicted molar refractivity (Wildman–Crippen MR) is 311 cm³/mol. The van der Waals surface area contributed by atoms with Gasteiger partial charge in [-0.1, -0.05) is 207 Å². The van der Waals surface area contributed by atoms with E-state index in [1.54, 1.807) is 34.9 Å². The maximum atomic E-state index is 12.8. The molecule has 9 rings (SSSR count). The van der Waals surface area contributed by atoms with E-state index in [1.165, 1.54) is 0 Å². The lowest BCUT2D eigenvalue weighted by Gasteiger charge is -2.28. The molecule has 73 heavy (non-hydrogen) atoms. The van der Waals surface area contributed by atoms with E-state index in [2.05, 4.69) is 52.6 Å². The molecule has 0 saturated carbocycles. The highest BCUT2D eigenvalue weighted by Crippen LogP contribution is 2.47. The number of aromatic hydroxyl groups is 1. The van der Waals surface area contributed by atoms with Crippen LogP contribution in [0.3, 0.4) is 0 Å². The van der Waals surface area contributed by atoms with Crippen LogP contribution in [0.15, 0.2) is 158 Å². The first-order valence-corrected chi connectivity index (χ1v) is 24.6. The van der Waals surface area contributed by atoms with Crippen molar-refractivity contribution in [1.29, 1.82) is 0 Å². The van der Waals surface area contributed by atoms with E-state index in [4.69, 9.17) is 22.8 Å². The topological polar surface area (TPSA) is 50.9 Å². The fourth-order valence-electron chi connectivity index (χ4n) is 9.36. The second-order valence-electron chi connectivity index (χ2n) is 23.2. The molecule has 4 heteroatoms. The van der Waals surface area contributed by atoms with E-state index < -0.39 is 108 Å². The Kier molecular flexibility index (Phi) is 8.15. The number of phenolic OH excluding ortho intramolecular Hbond substituents is 1. The van der Waals surface area contributed by atoms with Crippen LogP contribution in [0.2, 0.25) is 0 Å². The molecule has 0 aliphatic rings. The van der Waals surface area contributed by atoms with E-state index in [-0.39, 0.29) is 39.5 Å². The summed E-state index contributed by atoms with van der Waals surface area (Å²) in [4.78, 5) is 9.90. The number of hydrogen-bond acceptors (Lipinski definition) is 3. The normalized spacial score (nSPS) is 17.2. The number of fused-ring (bicyclic) bond motifs is 1. The van der Waals surface area contributed by atoms with E-state index >= 15 is 0 Å². The molecular weight excluding hydrogens is 887 g/mol. The van der Waals surface area contributed by atoms with Crippen LogP contribution in [0.4, 0.5) is 0 Å². The van der Waals surface area contributed by atoms with Gasteiger partial charge in [0.05, 0.1) is 37.6 Å². The smallest absolute Gasteiger partial charge is 0.149 e. The number of aromatic nitrogens is 3. The Labute approximate surface area is 463 Å². The molecule has 0 radical (unpaired) electrons. The lowest BCUT2D eigenvalue weighted by Crippen LogP contribution is -2.17. The van der Waals surface area contributed by atoms with Crippen LogP contribution < -0.4 is 0 Å². The van der Waals surface area contributed by atoms with Crippen LogP contribution >= 0.6 is 0 Å². The predicted octanol–water partition coefficient (Wildman–Crippen LogP) is 18.9. The maximum Gasteiger partial charge on any atom is 0.149 e. The molecular formula is C69H75N3O. The standard InChI is InChI=1S/C69H75N3O/c1-43-36-47(61-53(45-22-18-17-19-23-45)24-20-26-56(61)68(11,12)13)30-33-59(43)72-60-27-21-25-54(62(60)71-64(72)55-41-52(67(8,9)10)42-57(63(55)73)69(14,15)16)48-37-49(39-51(38-48)66(5,6)7)58-40-46(34-35-70-58)44-28-31-50(32-29-44)65(2,3)4/h17-42,73H,1-16H3/i1D3,2D3,3D3,4D3,28D,29D,31D,32D,34D,35D,40D. The molecule has 0 unspecified atom stereocenters. The highest BCUT2D eigenvalue weighted by Gasteiger charge is 2.30. The summed E-state index contributed by atoms with van der Waals surface area (Å²) < 4.78 is 169. The van der Waals surface area contributed by atoms with Crippen molar-refractivity contribution in [2.45, 2.75) is 138 Å². The van der Waals surface area contributed by atoms with Crippen molar-refractivity contribution in [2.24, 2.45) is 0 Å². The van der Waals surface area contributed by atoms with Crippen molar-refractivity contribution < 1.29 is 31.2 Å². The fourth-order valence-corrected chi connectivity index (χ4v) is 9.36. The molecule has 372 valence electrons. The highest BCUT2D eigenvalue weighted by atomic mass is 16.3. The van der Waals surface area contributed by atoms with Gasteiger partial charge in [-0.05, 0) is 149 Å². The molecule has 0 aliphatic heterocycles. The summed E-state index contributed by atoms with van der Waals surface area (Å²) in [6.07, 6.45) is -0.775. The Bertz CT molecular complexity index is 4350. The third kappa shape index (κ3) is 10.1. The number of nitrogens with zero attached hydrogens (tertiary/aromatic N) is 3. The number of benzene rings is 7. The number of rotatable bonds is 7. The minimum absolute atomic E-state index is 0.000333. The van der Waals surface area contributed by atoms with Gasteiger partial charge in [-0.2, -0.15) is 0 Å². The van der Waals surface area contributed by atoms with Crippen LogP contribution in [0.1, 0.15) is 163 Å². The van der Waals surface area contributed by atoms with Gasteiger partial charge < -0.3 is 5.11 Å². The lowest BCUT2D eigenvalue weighted by atomic mass is 9.78. The van der Waals surface area contributed by atoms with Crippen molar-refractivity contribution in [3.63, 3.8) is 0 Å². The van der Waals surface area contributed by atoms with Gasteiger partial charge in [0.1, 0.15) is 11.6 Å². The summed E-state index contributed by atoms with van der Waals surface area (Å²) in [6.45, 7) is 9.74. The Balaban J connectivity index is 1.37. The second kappa shape index (κ2) is 18.5. The van der Waals surface area contributed by atoms with Crippen LogP contribution in [0.5, 0.6) is 5.75 Å². The summed E-state index contributed by atoms with van der Waals surface area (Å²) in [5.41, 5.74) is -0.0741. The summed E-state index contributed by atoms with van der Waals surface area (Å²) in [7, 11) is 0. The molecule has 0 fully saturated rings. The molecule has 1 N–H and O–H groups in total. The molecule has 2 heterocycles. The fraction of sp³-hybridized carbons (Fsp3) is 0.304. The first-order chi connectivity index (χ1) is 42.1. The zero-order valence-electron chi connectivity index (χ0n) is 62.8. The lowest BCUT2D eigenvalue weighted by molar-refractivity contribution is 0.446. The summed E-state index contributed by atoms with van der Waals surface area (Å²) in [6, 6.07) is 29.6. The Morgan fingerprint density at radius 3 is 1.81 bits per heavy atom. The van der Waals surface area contributed by atoms with E-state index in [0.717, 1.165) is 27.8 Å². The van der Waals surface area contributed by atoms with Crippen LogP contribution in [-0.4, -0.2) is 19.6 Å². The first-order valence-electron chi connectivity index (χ1n) is 34.1. The van der Waals surface area contributed by atoms with Crippen LogP contribution in [0, 0.1) is 6.85 Å². The highest BCUT2D eigenvalue weighted by molar-refractivity contribution is 5.97. The molecule has 9 aromatic rings. The van der Waals surface area contributed by atoms with Crippen molar-refractivity contribution in [2.75, 3.05) is 0 Å². The van der Waals surface area contributed by atoms with Crippen molar-refractivity contribution >= 4 is 11.0 Å². The van der Waals surface area contributed by atoms with E-state index in [0.29, 0.717) is 44.4 Å². The molecule has 0 bridgehead atoms. The number of phenols is 1. The average molecular weight is 981 g/mol. The zero-order chi connectivity index (χ0) is 68.7. The average Bonchev–Trinajstić information content (AvgIpc) is 0.773. The number of para-hydroxylation sites is 1. The number of pyridine rings is 1. The quantitative estimate of drug-likeness (QED) is 0.173. The number of hydrogen-bond donors (Lipinski definition) is 1. The third-order valence-electron chi connectivity index (χ3n) is 13.4. The molecule has 0 aliphatic carbocycles. The zero-order valence-corrected chi connectivity index (χ0v) is 43.8. The largest absolute Gasteiger partial charge is 0.507 e. The van der Waals surface area contributed by atoms with Gasteiger partial charge >= 0.3 is 0 Å². The summed E-state index contributed by atoms with van der Waals surface area (Å²) >= 11 is 0. The van der Waals surface area contributed by atoms with Gasteiger partial charge in [0, 0.05) is 39.3 Å². The van der Waals surface area contributed by atoms with Gasteiger partial charge in [0.15, 0.2) is 0 Å².